The first kappa shape index (κ1) is 12.2. The largest absolute Gasteiger partial charge is 0.374 e. The van der Waals surface area contributed by atoms with Crippen LogP contribution in [0.15, 0.2) is 29.4 Å². The Labute approximate surface area is 107 Å². The van der Waals surface area contributed by atoms with Crippen molar-refractivity contribution in [1.82, 2.24) is 9.36 Å². The van der Waals surface area contributed by atoms with Gasteiger partial charge >= 0.3 is 0 Å². The van der Waals surface area contributed by atoms with Crippen molar-refractivity contribution in [3.05, 3.63) is 35.7 Å². The van der Waals surface area contributed by atoms with Crippen LogP contribution in [0.1, 0.15) is 11.4 Å². The number of aromatic nitrogens is 2. The Kier molecular flexibility index (Phi) is 3.63. The number of nitrogens with zero attached hydrogens (tertiary/aromatic N) is 3. The number of rotatable bonds is 4. The van der Waals surface area contributed by atoms with Gasteiger partial charge in [-0.05, 0) is 18.6 Å². The molecule has 0 saturated heterocycles. The third kappa shape index (κ3) is 2.69. The fraction of sp³-hybridized carbons (Fsp3) is 0.0909. The van der Waals surface area contributed by atoms with Crippen LogP contribution < -0.4 is 10.6 Å². The minimum absolute atomic E-state index is 0.112. The van der Waals surface area contributed by atoms with E-state index in [0.29, 0.717) is 5.75 Å². The van der Waals surface area contributed by atoms with E-state index in [2.05, 4.69) is 14.5 Å². The minimum atomic E-state index is -0.119. The number of para-hydroxylation sites is 1. The lowest BCUT2D eigenvalue weighted by Gasteiger charge is -2.01. The first-order chi connectivity index (χ1) is 8.70. The number of hydrogen-bond acceptors (Lipinski definition) is 7. The van der Waals surface area contributed by atoms with Crippen LogP contribution in [0.5, 0.6) is 5.75 Å². The van der Waals surface area contributed by atoms with Crippen molar-refractivity contribution in [2.24, 2.45) is 5.16 Å². The average molecular weight is 261 g/mol. The van der Waals surface area contributed by atoms with Crippen LogP contribution in [0.25, 0.3) is 0 Å². The van der Waals surface area contributed by atoms with E-state index < -0.39 is 0 Å². The summed E-state index contributed by atoms with van der Waals surface area (Å²) >= 11 is 0.974. The quantitative estimate of drug-likeness (QED) is 0.662. The van der Waals surface area contributed by atoms with Crippen LogP contribution in [-0.2, 0) is 4.79 Å². The molecular weight excluding hydrogens is 252 g/mol. The zero-order valence-corrected chi connectivity index (χ0v) is 10.3. The van der Waals surface area contributed by atoms with Crippen LogP contribution in [0.4, 0.5) is 5.13 Å². The summed E-state index contributed by atoms with van der Waals surface area (Å²) in [7, 11) is 0. The number of benzene rings is 1. The highest BCUT2D eigenvalue weighted by molar-refractivity contribution is 7.09. The molecule has 1 radical (unpaired) electrons. The van der Waals surface area contributed by atoms with Crippen molar-refractivity contribution in [1.29, 1.82) is 0 Å². The number of anilines is 1. The SMILES string of the molecule is Cc1ccccc1O/N=C(/[C]=O)c1nsc(N)n1. The summed E-state index contributed by atoms with van der Waals surface area (Å²) in [6.45, 7) is 1.87. The van der Waals surface area contributed by atoms with Gasteiger partial charge in [-0.1, -0.05) is 23.4 Å². The molecule has 7 heteroatoms. The van der Waals surface area contributed by atoms with E-state index in [4.69, 9.17) is 10.6 Å². The van der Waals surface area contributed by atoms with Gasteiger partial charge in [0.05, 0.1) is 0 Å². The molecule has 2 aromatic rings. The fourth-order valence-electron chi connectivity index (χ4n) is 1.19. The second-order valence-corrected chi connectivity index (χ2v) is 4.14. The van der Waals surface area contributed by atoms with E-state index in [9.17, 15) is 4.79 Å². The molecule has 0 unspecified atom stereocenters. The maximum Gasteiger partial charge on any atom is 0.261 e. The predicted molar refractivity (Wildman–Crippen MR) is 68.4 cm³/mol. The van der Waals surface area contributed by atoms with E-state index in [0.717, 1.165) is 17.1 Å². The topological polar surface area (TPSA) is 90.5 Å². The van der Waals surface area contributed by atoms with Gasteiger partial charge in [0.2, 0.25) is 5.82 Å². The van der Waals surface area contributed by atoms with Crippen molar-refractivity contribution in [2.45, 2.75) is 6.92 Å². The van der Waals surface area contributed by atoms with Crippen LogP contribution in [0.2, 0.25) is 0 Å². The molecule has 1 aromatic carbocycles. The van der Waals surface area contributed by atoms with Crippen LogP contribution in [-0.4, -0.2) is 21.4 Å². The standard InChI is InChI=1S/C11H9N4O2S/c1-7-4-2-3-5-9(7)17-14-8(6-16)10-13-11(12)18-15-10/h2-5H,1H3,(H2,12,13,15)/b14-8-. The Morgan fingerprint density at radius 2 is 2.28 bits per heavy atom. The molecule has 2 N–H and O–H groups in total. The number of nitrogens with two attached hydrogens (primary N) is 1. The van der Waals surface area contributed by atoms with E-state index in [1.54, 1.807) is 18.4 Å². The van der Waals surface area contributed by atoms with Gasteiger partial charge in [0, 0.05) is 11.5 Å². The minimum Gasteiger partial charge on any atom is -0.374 e. The summed E-state index contributed by atoms with van der Waals surface area (Å²) in [5, 5.41) is 3.93. The monoisotopic (exact) mass is 261 g/mol. The van der Waals surface area contributed by atoms with Gasteiger partial charge in [0.1, 0.15) is 0 Å². The number of oxime groups is 1. The summed E-state index contributed by atoms with van der Waals surface area (Å²) in [5.74, 6) is 0.662. The Morgan fingerprint density at radius 3 is 2.89 bits per heavy atom. The highest BCUT2D eigenvalue weighted by Crippen LogP contribution is 2.16. The van der Waals surface area contributed by atoms with Gasteiger partial charge in [0.15, 0.2) is 16.6 Å². The van der Waals surface area contributed by atoms with Gasteiger partial charge in [-0.15, -0.1) is 0 Å². The molecule has 0 amide bonds. The van der Waals surface area contributed by atoms with Crippen LogP contribution in [0.3, 0.4) is 0 Å². The molecule has 0 aliphatic carbocycles. The number of aryl methyl sites for hydroxylation is 1. The molecule has 0 atom stereocenters. The van der Waals surface area contributed by atoms with Crippen molar-refractivity contribution >= 4 is 28.7 Å². The molecule has 0 spiro atoms. The second kappa shape index (κ2) is 5.37. The molecule has 0 aliphatic rings. The van der Waals surface area contributed by atoms with Gasteiger partial charge < -0.3 is 10.6 Å². The third-order valence-corrected chi connectivity index (χ3v) is 2.62. The third-order valence-electron chi connectivity index (χ3n) is 2.08. The normalized spacial score (nSPS) is 11.3. The molecule has 0 saturated carbocycles. The lowest BCUT2D eigenvalue weighted by atomic mass is 10.2. The van der Waals surface area contributed by atoms with E-state index in [-0.39, 0.29) is 16.7 Å². The molecule has 6 nitrogen and oxygen atoms in total. The van der Waals surface area contributed by atoms with E-state index >= 15 is 0 Å². The molecule has 1 heterocycles. The Bertz CT molecular complexity index is 594. The zero-order valence-electron chi connectivity index (χ0n) is 9.45. The smallest absolute Gasteiger partial charge is 0.261 e. The molecule has 91 valence electrons. The molecular formula is C11H9N4O2S. The lowest BCUT2D eigenvalue weighted by Crippen LogP contribution is -2.07. The Hall–Kier alpha value is -2.28. The highest BCUT2D eigenvalue weighted by atomic mass is 32.1. The number of carbonyl (C=O) groups excluding carboxylic acids is 1. The fourth-order valence-corrected chi connectivity index (χ4v) is 1.62. The maximum absolute atomic E-state index is 10.8. The molecule has 0 aliphatic heterocycles. The summed E-state index contributed by atoms with van der Waals surface area (Å²) in [4.78, 5) is 19.8. The number of hydrogen-bond donors (Lipinski definition) is 1. The summed E-state index contributed by atoms with van der Waals surface area (Å²) in [5.41, 5.74) is 6.20. The second-order valence-electron chi connectivity index (χ2n) is 3.35. The Balaban J connectivity index is 2.21. The maximum atomic E-state index is 10.8. The summed E-state index contributed by atoms with van der Waals surface area (Å²) in [6.07, 6.45) is 1.62. The molecule has 0 bridgehead atoms. The highest BCUT2D eigenvalue weighted by Gasteiger charge is 2.11. The predicted octanol–water partition coefficient (Wildman–Crippen LogP) is 1.32. The molecule has 2 rings (SSSR count). The molecule has 0 fully saturated rings. The summed E-state index contributed by atoms with van der Waals surface area (Å²) in [6, 6.07) is 7.29. The van der Waals surface area contributed by atoms with Crippen LogP contribution >= 0.6 is 11.5 Å². The molecule has 18 heavy (non-hydrogen) atoms. The zero-order chi connectivity index (χ0) is 13.0. The molecule has 1 aromatic heterocycles. The first-order valence-electron chi connectivity index (χ1n) is 4.99. The van der Waals surface area contributed by atoms with Gasteiger partial charge in [-0.25, -0.2) is 0 Å². The van der Waals surface area contributed by atoms with Crippen molar-refractivity contribution in [2.75, 3.05) is 5.73 Å². The van der Waals surface area contributed by atoms with Crippen molar-refractivity contribution < 1.29 is 9.63 Å². The van der Waals surface area contributed by atoms with Gasteiger partial charge in [0.25, 0.3) is 6.29 Å². The van der Waals surface area contributed by atoms with Gasteiger partial charge in [-0.2, -0.15) is 9.36 Å². The van der Waals surface area contributed by atoms with Gasteiger partial charge in [-0.3, -0.25) is 4.79 Å². The average Bonchev–Trinajstić information content (AvgIpc) is 2.79. The van der Waals surface area contributed by atoms with E-state index in [1.807, 2.05) is 19.1 Å². The first-order valence-corrected chi connectivity index (χ1v) is 5.76. The Morgan fingerprint density at radius 1 is 1.50 bits per heavy atom. The lowest BCUT2D eigenvalue weighted by molar-refractivity contribution is 0.339. The summed E-state index contributed by atoms with van der Waals surface area (Å²) < 4.78 is 3.85. The number of nitrogen functional groups attached to an aromatic ring is 1. The van der Waals surface area contributed by atoms with Crippen LogP contribution in [0, 0.1) is 6.92 Å². The van der Waals surface area contributed by atoms with E-state index in [1.165, 1.54) is 0 Å². The van der Waals surface area contributed by atoms with Crippen molar-refractivity contribution in [3.63, 3.8) is 0 Å². The van der Waals surface area contributed by atoms with Crippen molar-refractivity contribution in [3.8, 4) is 5.75 Å².